The van der Waals surface area contributed by atoms with E-state index in [1.807, 2.05) is 32.0 Å². The summed E-state index contributed by atoms with van der Waals surface area (Å²) in [7, 11) is 0. The van der Waals surface area contributed by atoms with Crippen LogP contribution < -0.4 is 19.5 Å². The molecule has 2 aromatic carbocycles. The third-order valence-corrected chi connectivity index (χ3v) is 5.02. The van der Waals surface area contributed by atoms with Crippen molar-refractivity contribution in [3.05, 3.63) is 36.4 Å². The molecular weight excluding hydrogens is 366 g/mol. The molecule has 1 aromatic heterocycles. The number of hydrogen-bond donors (Lipinski definition) is 2. The first kappa shape index (κ1) is 17.5. The van der Waals surface area contributed by atoms with E-state index in [2.05, 4.69) is 15.3 Å². The number of anilines is 1. The van der Waals surface area contributed by atoms with E-state index in [1.54, 1.807) is 18.2 Å². The van der Waals surface area contributed by atoms with Crippen molar-refractivity contribution in [2.45, 2.75) is 24.3 Å². The van der Waals surface area contributed by atoms with Crippen molar-refractivity contribution in [1.82, 2.24) is 9.97 Å². The molecule has 0 spiro atoms. The Morgan fingerprint density at radius 1 is 1.30 bits per heavy atom. The lowest BCUT2D eigenvalue weighted by atomic mass is 10.2. The maximum atomic E-state index is 12.5. The fraction of sp³-hybridized carbons (Fsp3) is 0.263. The van der Waals surface area contributed by atoms with Crippen molar-refractivity contribution in [3.8, 4) is 17.2 Å². The third-order valence-electron chi connectivity index (χ3n) is 4.04. The highest BCUT2D eigenvalue weighted by atomic mass is 32.2. The molecule has 1 atom stereocenters. The number of aromatic nitrogens is 2. The van der Waals surface area contributed by atoms with Crippen LogP contribution >= 0.6 is 11.8 Å². The molecule has 0 fully saturated rings. The zero-order chi connectivity index (χ0) is 18.8. The lowest BCUT2D eigenvalue weighted by Gasteiger charge is -2.11. The van der Waals surface area contributed by atoms with Crippen LogP contribution in [-0.2, 0) is 4.79 Å². The van der Waals surface area contributed by atoms with Crippen LogP contribution in [0.25, 0.3) is 11.0 Å². The Morgan fingerprint density at radius 3 is 3.00 bits per heavy atom. The molecule has 2 N–H and O–H groups in total. The number of H-pyrrole nitrogens is 1. The number of imidazole rings is 1. The van der Waals surface area contributed by atoms with E-state index >= 15 is 0 Å². The lowest BCUT2D eigenvalue weighted by Crippen LogP contribution is -2.22. The largest absolute Gasteiger partial charge is 0.494 e. The van der Waals surface area contributed by atoms with E-state index < -0.39 is 0 Å². The van der Waals surface area contributed by atoms with Gasteiger partial charge in [-0.05, 0) is 38.1 Å². The average Bonchev–Trinajstić information content (AvgIpc) is 3.27. The van der Waals surface area contributed by atoms with Crippen LogP contribution in [0.2, 0.25) is 0 Å². The Balaban J connectivity index is 1.42. The lowest BCUT2D eigenvalue weighted by molar-refractivity contribution is -0.115. The molecular formula is C19H19N3O4S. The van der Waals surface area contributed by atoms with Gasteiger partial charge in [-0.15, -0.1) is 0 Å². The van der Waals surface area contributed by atoms with E-state index in [0.29, 0.717) is 28.9 Å². The molecule has 0 radical (unpaired) electrons. The standard InChI is InChI=1S/C19H19N3O4S/c1-3-24-13-5-6-14-15(9-13)22-19(21-14)27-11(2)18(23)20-12-4-7-16-17(8-12)26-10-25-16/h4-9,11H,3,10H2,1-2H3,(H,20,23)(H,21,22). The van der Waals surface area contributed by atoms with Gasteiger partial charge in [0.2, 0.25) is 12.7 Å². The van der Waals surface area contributed by atoms with Gasteiger partial charge in [0.1, 0.15) is 5.75 Å². The molecule has 1 aliphatic rings. The van der Waals surface area contributed by atoms with Gasteiger partial charge in [0.15, 0.2) is 16.7 Å². The minimum atomic E-state index is -0.331. The predicted molar refractivity (Wildman–Crippen MR) is 104 cm³/mol. The number of amides is 1. The van der Waals surface area contributed by atoms with Gasteiger partial charge in [-0.2, -0.15) is 0 Å². The summed E-state index contributed by atoms with van der Waals surface area (Å²) < 4.78 is 16.1. The highest BCUT2D eigenvalue weighted by Crippen LogP contribution is 2.34. The Labute approximate surface area is 160 Å². The number of fused-ring (bicyclic) bond motifs is 2. The number of benzene rings is 2. The second-order valence-electron chi connectivity index (χ2n) is 5.97. The first-order valence-corrected chi connectivity index (χ1v) is 9.50. The summed E-state index contributed by atoms with van der Waals surface area (Å²) in [4.78, 5) is 20.3. The quantitative estimate of drug-likeness (QED) is 0.628. The minimum Gasteiger partial charge on any atom is -0.494 e. The molecule has 0 saturated carbocycles. The number of thioether (sulfide) groups is 1. The van der Waals surface area contributed by atoms with Crippen LogP contribution in [0.15, 0.2) is 41.6 Å². The Kier molecular flexibility index (Phi) is 4.81. The van der Waals surface area contributed by atoms with Gasteiger partial charge in [-0.1, -0.05) is 11.8 Å². The van der Waals surface area contributed by atoms with Gasteiger partial charge in [0.05, 0.1) is 22.9 Å². The summed E-state index contributed by atoms with van der Waals surface area (Å²) in [6.07, 6.45) is 0. The Hall–Kier alpha value is -2.87. The molecule has 0 aliphatic carbocycles. The molecule has 1 unspecified atom stereocenters. The van der Waals surface area contributed by atoms with E-state index in [9.17, 15) is 4.79 Å². The maximum absolute atomic E-state index is 12.5. The van der Waals surface area contributed by atoms with Crippen LogP contribution in [0.5, 0.6) is 17.2 Å². The first-order valence-electron chi connectivity index (χ1n) is 8.62. The second-order valence-corrected chi connectivity index (χ2v) is 7.30. The van der Waals surface area contributed by atoms with Gasteiger partial charge in [-0.25, -0.2) is 4.98 Å². The van der Waals surface area contributed by atoms with E-state index in [0.717, 1.165) is 16.8 Å². The summed E-state index contributed by atoms with van der Waals surface area (Å²) >= 11 is 1.37. The minimum absolute atomic E-state index is 0.116. The summed E-state index contributed by atoms with van der Waals surface area (Å²) in [5.41, 5.74) is 2.39. The number of hydrogen-bond acceptors (Lipinski definition) is 6. The fourth-order valence-corrected chi connectivity index (χ4v) is 3.54. The van der Waals surface area contributed by atoms with Crippen molar-refractivity contribution in [2.24, 2.45) is 0 Å². The number of rotatable bonds is 6. The van der Waals surface area contributed by atoms with Crippen LogP contribution in [0, 0.1) is 0 Å². The van der Waals surface area contributed by atoms with E-state index in [4.69, 9.17) is 14.2 Å². The fourth-order valence-electron chi connectivity index (χ4n) is 2.72. The van der Waals surface area contributed by atoms with Crippen molar-refractivity contribution in [2.75, 3.05) is 18.7 Å². The van der Waals surface area contributed by atoms with Gasteiger partial charge in [-0.3, -0.25) is 4.79 Å². The predicted octanol–water partition coefficient (Wildman–Crippen LogP) is 3.81. The van der Waals surface area contributed by atoms with Crippen molar-refractivity contribution in [1.29, 1.82) is 0 Å². The summed E-state index contributed by atoms with van der Waals surface area (Å²) in [6, 6.07) is 11.0. The van der Waals surface area contributed by atoms with Gasteiger partial charge >= 0.3 is 0 Å². The van der Waals surface area contributed by atoms with Crippen LogP contribution in [0.3, 0.4) is 0 Å². The zero-order valence-corrected chi connectivity index (χ0v) is 15.8. The average molecular weight is 385 g/mol. The number of nitrogens with zero attached hydrogens (tertiary/aromatic N) is 1. The van der Waals surface area contributed by atoms with Crippen LogP contribution in [0.4, 0.5) is 5.69 Å². The Bertz CT molecular complexity index is 988. The van der Waals surface area contributed by atoms with Gasteiger partial charge in [0.25, 0.3) is 0 Å². The smallest absolute Gasteiger partial charge is 0.237 e. The molecule has 3 aromatic rings. The normalized spacial score (nSPS) is 13.6. The van der Waals surface area contributed by atoms with Gasteiger partial charge < -0.3 is 24.5 Å². The van der Waals surface area contributed by atoms with Gasteiger partial charge in [0, 0.05) is 17.8 Å². The monoisotopic (exact) mass is 385 g/mol. The number of ether oxygens (including phenoxy) is 3. The number of carbonyl (C=O) groups excluding carboxylic acids is 1. The summed E-state index contributed by atoms with van der Waals surface area (Å²) in [6.45, 7) is 4.60. The van der Waals surface area contributed by atoms with Crippen molar-refractivity contribution in [3.63, 3.8) is 0 Å². The number of aromatic amines is 1. The van der Waals surface area contributed by atoms with Crippen LogP contribution in [-0.4, -0.2) is 34.5 Å². The van der Waals surface area contributed by atoms with Crippen molar-refractivity contribution >= 4 is 34.4 Å². The molecule has 8 heteroatoms. The molecule has 27 heavy (non-hydrogen) atoms. The highest BCUT2D eigenvalue weighted by molar-refractivity contribution is 8.00. The topological polar surface area (TPSA) is 85.5 Å². The number of carbonyl (C=O) groups is 1. The first-order chi connectivity index (χ1) is 13.1. The number of nitrogens with one attached hydrogen (secondary N) is 2. The van der Waals surface area contributed by atoms with E-state index in [-0.39, 0.29) is 18.0 Å². The highest BCUT2D eigenvalue weighted by Gasteiger charge is 2.19. The molecule has 0 bridgehead atoms. The van der Waals surface area contributed by atoms with Crippen LogP contribution in [0.1, 0.15) is 13.8 Å². The second kappa shape index (κ2) is 7.40. The molecule has 7 nitrogen and oxygen atoms in total. The maximum Gasteiger partial charge on any atom is 0.237 e. The Morgan fingerprint density at radius 2 is 2.15 bits per heavy atom. The molecule has 2 heterocycles. The molecule has 140 valence electrons. The summed E-state index contributed by atoms with van der Waals surface area (Å²) in [5.74, 6) is 1.99. The van der Waals surface area contributed by atoms with E-state index in [1.165, 1.54) is 11.8 Å². The molecule has 1 aliphatic heterocycles. The SMILES string of the molecule is CCOc1ccc2nc(SC(C)C(=O)Nc3ccc4c(c3)OCO4)[nH]c2c1. The zero-order valence-electron chi connectivity index (χ0n) is 14.9. The van der Waals surface area contributed by atoms with Crippen molar-refractivity contribution < 1.29 is 19.0 Å². The molecule has 0 saturated heterocycles. The third kappa shape index (κ3) is 3.80. The summed E-state index contributed by atoms with van der Waals surface area (Å²) in [5, 5.41) is 3.25. The molecule has 1 amide bonds. The molecule has 4 rings (SSSR count).